The van der Waals surface area contributed by atoms with Gasteiger partial charge in [-0.3, -0.25) is 4.68 Å². The van der Waals surface area contributed by atoms with Crippen molar-refractivity contribution in [2.24, 2.45) is 0 Å². The summed E-state index contributed by atoms with van der Waals surface area (Å²) in [7, 11) is 0. The van der Waals surface area contributed by atoms with Crippen LogP contribution in [0.4, 0.5) is 0 Å². The van der Waals surface area contributed by atoms with Crippen molar-refractivity contribution in [2.75, 3.05) is 0 Å². The van der Waals surface area contributed by atoms with E-state index < -0.39 is 0 Å². The summed E-state index contributed by atoms with van der Waals surface area (Å²) in [5, 5.41) is 4.17. The Morgan fingerprint density at radius 3 is 2.70 bits per heavy atom. The second-order valence-corrected chi connectivity index (χ2v) is 2.73. The van der Waals surface area contributed by atoms with E-state index in [-0.39, 0.29) is 0 Å². The van der Waals surface area contributed by atoms with Gasteiger partial charge in [0.25, 0.3) is 0 Å². The van der Waals surface area contributed by atoms with Crippen LogP contribution >= 0.6 is 0 Å². The van der Waals surface area contributed by atoms with Crippen LogP contribution in [-0.4, -0.2) is 9.78 Å². The first-order valence-electron chi connectivity index (χ1n) is 3.77. The standard InChI is InChI=1S/C8H14N2/c1-4-10-8(7(2)3)5-6-9-10/h5-7H,4H2,1-3H3. The molecule has 0 saturated carbocycles. The molecule has 1 aromatic heterocycles. The van der Waals surface area contributed by atoms with E-state index in [9.17, 15) is 0 Å². The first kappa shape index (κ1) is 7.32. The van der Waals surface area contributed by atoms with Gasteiger partial charge in [0.1, 0.15) is 0 Å². The summed E-state index contributed by atoms with van der Waals surface area (Å²) >= 11 is 0. The molecule has 1 heterocycles. The van der Waals surface area contributed by atoms with Gasteiger partial charge in [0.15, 0.2) is 0 Å². The number of aryl methyl sites for hydroxylation is 1. The minimum atomic E-state index is 0.586. The molecule has 10 heavy (non-hydrogen) atoms. The molecule has 1 rings (SSSR count). The van der Waals surface area contributed by atoms with Gasteiger partial charge in [-0.25, -0.2) is 0 Å². The van der Waals surface area contributed by atoms with E-state index in [0.29, 0.717) is 5.92 Å². The summed E-state index contributed by atoms with van der Waals surface area (Å²) in [6.45, 7) is 7.45. The van der Waals surface area contributed by atoms with E-state index in [2.05, 4.69) is 31.9 Å². The summed E-state index contributed by atoms with van der Waals surface area (Å²) in [6.07, 6.45) is 1.86. The van der Waals surface area contributed by atoms with E-state index >= 15 is 0 Å². The maximum atomic E-state index is 4.17. The summed E-state index contributed by atoms with van der Waals surface area (Å²) in [5.74, 6) is 0.586. The Labute approximate surface area is 61.9 Å². The molecule has 2 heteroatoms. The monoisotopic (exact) mass is 138 g/mol. The van der Waals surface area contributed by atoms with Crippen molar-refractivity contribution in [1.29, 1.82) is 0 Å². The Hall–Kier alpha value is -0.790. The Kier molecular flexibility index (Phi) is 2.10. The SMILES string of the molecule is CCn1nccc1C(C)C. The van der Waals surface area contributed by atoms with Gasteiger partial charge in [-0.1, -0.05) is 13.8 Å². The van der Waals surface area contributed by atoms with E-state index in [1.807, 2.05) is 10.9 Å². The molecule has 0 aliphatic rings. The zero-order chi connectivity index (χ0) is 7.56. The number of rotatable bonds is 2. The largest absolute Gasteiger partial charge is 0.270 e. The zero-order valence-corrected chi connectivity index (χ0v) is 6.83. The van der Waals surface area contributed by atoms with Gasteiger partial charge in [0.2, 0.25) is 0 Å². The van der Waals surface area contributed by atoms with Crippen molar-refractivity contribution in [3.63, 3.8) is 0 Å². The Morgan fingerprint density at radius 2 is 2.30 bits per heavy atom. The molecule has 2 nitrogen and oxygen atoms in total. The maximum Gasteiger partial charge on any atom is 0.0492 e. The van der Waals surface area contributed by atoms with Crippen molar-refractivity contribution in [1.82, 2.24) is 9.78 Å². The van der Waals surface area contributed by atoms with Crippen LogP contribution in [0.1, 0.15) is 32.4 Å². The van der Waals surface area contributed by atoms with Gasteiger partial charge in [0.05, 0.1) is 0 Å². The lowest BCUT2D eigenvalue weighted by molar-refractivity contribution is 0.598. The first-order chi connectivity index (χ1) is 4.75. The van der Waals surface area contributed by atoms with E-state index in [0.717, 1.165) is 6.54 Å². The molecule has 0 N–H and O–H groups in total. The van der Waals surface area contributed by atoms with Crippen molar-refractivity contribution in [3.05, 3.63) is 18.0 Å². The normalized spacial score (nSPS) is 10.8. The van der Waals surface area contributed by atoms with Crippen molar-refractivity contribution < 1.29 is 0 Å². The van der Waals surface area contributed by atoms with E-state index in [1.165, 1.54) is 5.69 Å². The average Bonchev–Trinajstić information content (AvgIpc) is 2.33. The molecule has 0 aliphatic heterocycles. The second kappa shape index (κ2) is 2.86. The Balaban J connectivity index is 2.90. The number of aromatic nitrogens is 2. The van der Waals surface area contributed by atoms with Gasteiger partial charge in [-0.15, -0.1) is 0 Å². The summed E-state index contributed by atoms with van der Waals surface area (Å²) in [4.78, 5) is 0. The number of hydrogen-bond acceptors (Lipinski definition) is 1. The van der Waals surface area contributed by atoms with Crippen LogP contribution in [0.3, 0.4) is 0 Å². The molecule has 1 aromatic rings. The summed E-state index contributed by atoms with van der Waals surface area (Å²) < 4.78 is 2.03. The number of nitrogens with zero attached hydrogens (tertiary/aromatic N) is 2. The zero-order valence-electron chi connectivity index (χ0n) is 6.83. The molecular weight excluding hydrogens is 124 g/mol. The van der Waals surface area contributed by atoms with Gasteiger partial charge in [-0.2, -0.15) is 5.10 Å². The Morgan fingerprint density at radius 1 is 1.60 bits per heavy atom. The molecule has 0 fully saturated rings. The predicted octanol–water partition coefficient (Wildman–Crippen LogP) is 2.03. The molecular formula is C8H14N2. The van der Waals surface area contributed by atoms with Gasteiger partial charge in [-0.05, 0) is 18.9 Å². The van der Waals surface area contributed by atoms with Crippen LogP contribution in [-0.2, 0) is 6.54 Å². The third kappa shape index (κ3) is 1.20. The number of hydrogen-bond donors (Lipinski definition) is 0. The third-order valence-corrected chi connectivity index (χ3v) is 1.64. The summed E-state index contributed by atoms with van der Waals surface area (Å²) in [6, 6.07) is 2.08. The van der Waals surface area contributed by atoms with E-state index in [4.69, 9.17) is 0 Å². The topological polar surface area (TPSA) is 17.8 Å². The fourth-order valence-electron chi connectivity index (χ4n) is 1.10. The lowest BCUT2D eigenvalue weighted by atomic mass is 10.1. The fraction of sp³-hybridized carbons (Fsp3) is 0.625. The predicted molar refractivity (Wildman–Crippen MR) is 42.0 cm³/mol. The van der Waals surface area contributed by atoms with Crippen molar-refractivity contribution in [2.45, 2.75) is 33.2 Å². The van der Waals surface area contributed by atoms with Crippen LogP contribution in [0.15, 0.2) is 12.3 Å². The maximum absolute atomic E-state index is 4.17. The van der Waals surface area contributed by atoms with Crippen LogP contribution in [0.25, 0.3) is 0 Å². The quantitative estimate of drug-likeness (QED) is 0.611. The highest BCUT2D eigenvalue weighted by atomic mass is 15.3. The van der Waals surface area contributed by atoms with Gasteiger partial charge < -0.3 is 0 Å². The van der Waals surface area contributed by atoms with Crippen LogP contribution in [0, 0.1) is 0 Å². The first-order valence-corrected chi connectivity index (χ1v) is 3.77. The molecule has 0 unspecified atom stereocenters. The highest BCUT2D eigenvalue weighted by molar-refractivity contribution is 5.04. The van der Waals surface area contributed by atoms with Gasteiger partial charge in [0, 0.05) is 18.4 Å². The molecule has 0 amide bonds. The minimum Gasteiger partial charge on any atom is -0.270 e. The van der Waals surface area contributed by atoms with E-state index in [1.54, 1.807) is 0 Å². The lowest BCUT2D eigenvalue weighted by Gasteiger charge is -2.06. The second-order valence-electron chi connectivity index (χ2n) is 2.73. The average molecular weight is 138 g/mol. The summed E-state index contributed by atoms with van der Waals surface area (Å²) in [5.41, 5.74) is 1.32. The Bertz CT molecular complexity index is 201. The lowest BCUT2D eigenvalue weighted by Crippen LogP contribution is -2.03. The molecule has 0 atom stereocenters. The third-order valence-electron chi connectivity index (χ3n) is 1.64. The molecule has 0 spiro atoms. The van der Waals surface area contributed by atoms with Crippen LogP contribution < -0.4 is 0 Å². The minimum absolute atomic E-state index is 0.586. The molecule has 0 radical (unpaired) electrons. The molecule has 0 aliphatic carbocycles. The van der Waals surface area contributed by atoms with Crippen LogP contribution in [0.5, 0.6) is 0 Å². The van der Waals surface area contributed by atoms with Gasteiger partial charge >= 0.3 is 0 Å². The molecule has 0 bridgehead atoms. The fourth-order valence-corrected chi connectivity index (χ4v) is 1.10. The molecule has 0 aromatic carbocycles. The van der Waals surface area contributed by atoms with Crippen LogP contribution in [0.2, 0.25) is 0 Å². The molecule has 0 saturated heterocycles. The highest BCUT2D eigenvalue weighted by Gasteiger charge is 2.03. The van der Waals surface area contributed by atoms with Crippen molar-refractivity contribution in [3.8, 4) is 0 Å². The smallest absolute Gasteiger partial charge is 0.0492 e. The molecule has 56 valence electrons. The highest BCUT2D eigenvalue weighted by Crippen LogP contribution is 2.12. The van der Waals surface area contributed by atoms with Crippen molar-refractivity contribution >= 4 is 0 Å².